The molecule has 1 saturated heterocycles. The van der Waals surface area contributed by atoms with E-state index in [0.29, 0.717) is 6.42 Å². The Balaban J connectivity index is 1.57. The van der Waals surface area contributed by atoms with Crippen molar-refractivity contribution in [1.29, 1.82) is 0 Å². The van der Waals surface area contributed by atoms with E-state index in [1.807, 2.05) is 17.0 Å². The fourth-order valence-corrected chi connectivity index (χ4v) is 3.59. The first-order valence-corrected chi connectivity index (χ1v) is 8.52. The maximum absolute atomic E-state index is 13.9. The van der Waals surface area contributed by atoms with Crippen LogP contribution in [0.2, 0.25) is 0 Å². The lowest BCUT2D eigenvalue weighted by Crippen LogP contribution is -2.37. The minimum absolute atomic E-state index is 0.105. The number of amides is 1. The molecule has 0 unspecified atom stereocenters. The molecule has 2 aromatic rings. The van der Waals surface area contributed by atoms with Gasteiger partial charge in [0.25, 0.3) is 0 Å². The minimum atomic E-state index is -0.856. The zero-order valence-corrected chi connectivity index (χ0v) is 13.7. The number of halogens is 2. The molecule has 1 amide bonds. The van der Waals surface area contributed by atoms with Gasteiger partial charge in [0.2, 0.25) is 5.91 Å². The van der Waals surface area contributed by atoms with Crippen LogP contribution in [0.4, 0.5) is 8.78 Å². The first-order valence-electron chi connectivity index (χ1n) is 8.52. The number of nitrogens with zero attached hydrogens (tertiary/aromatic N) is 2. The third-order valence-corrected chi connectivity index (χ3v) is 4.92. The molecule has 1 aromatic carbocycles. The lowest BCUT2D eigenvalue weighted by Gasteiger charge is -2.29. The third-order valence-electron chi connectivity index (χ3n) is 4.92. The Morgan fingerprint density at radius 1 is 1.20 bits per heavy atom. The molecule has 1 aliphatic carbocycles. The molecule has 6 heteroatoms. The minimum Gasteiger partial charge on any atom is -0.331 e. The summed E-state index contributed by atoms with van der Waals surface area (Å²) < 4.78 is 27.3. The molecule has 1 aliphatic heterocycles. The first kappa shape index (κ1) is 16.1. The van der Waals surface area contributed by atoms with Gasteiger partial charge in [-0.1, -0.05) is 18.2 Å². The molecule has 4 nitrogen and oxygen atoms in total. The van der Waals surface area contributed by atoms with Crippen molar-refractivity contribution in [2.75, 3.05) is 0 Å². The molecule has 0 spiro atoms. The summed E-state index contributed by atoms with van der Waals surface area (Å²) in [6, 6.07) is 7.98. The normalized spacial score (nSPS) is 23.3. The second-order valence-corrected chi connectivity index (χ2v) is 6.67. The zero-order chi connectivity index (χ0) is 17.4. The van der Waals surface area contributed by atoms with Crippen molar-refractivity contribution in [2.24, 2.45) is 0 Å². The number of pyridine rings is 1. The summed E-state index contributed by atoms with van der Waals surface area (Å²) in [5.41, 5.74) is 1.24. The van der Waals surface area contributed by atoms with Crippen LogP contribution in [0, 0.1) is 11.6 Å². The van der Waals surface area contributed by atoms with Gasteiger partial charge in [-0.2, -0.15) is 0 Å². The predicted molar refractivity (Wildman–Crippen MR) is 88.4 cm³/mol. The Morgan fingerprint density at radius 2 is 2.04 bits per heavy atom. The quantitative estimate of drug-likeness (QED) is 0.908. The second kappa shape index (κ2) is 6.52. The molecule has 0 bridgehead atoms. The van der Waals surface area contributed by atoms with Gasteiger partial charge in [-0.05, 0) is 30.5 Å². The van der Waals surface area contributed by atoms with Crippen LogP contribution in [0.3, 0.4) is 0 Å². The van der Waals surface area contributed by atoms with Crippen LogP contribution in [-0.2, 0) is 11.3 Å². The molecule has 2 atom stereocenters. The number of carbonyl (C=O) groups excluding carboxylic acids is 1. The van der Waals surface area contributed by atoms with Crippen molar-refractivity contribution in [3.05, 3.63) is 65.5 Å². The highest BCUT2D eigenvalue weighted by atomic mass is 19.2. The van der Waals surface area contributed by atoms with Crippen molar-refractivity contribution in [2.45, 2.75) is 43.9 Å². The van der Waals surface area contributed by atoms with Crippen LogP contribution in [-0.4, -0.2) is 27.9 Å². The molecular formula is C19H19F2N3O. The highest BCUT2D eigenvalue weighted by Gasteiger charge is 2.47. The monoisotopic (exact) mass is 343 g/mol. The molecule has 25 heavy (non-hydrogen) atoms. The van der Waals surface area contributed by atoms with Crippen molar-refractivity contribution in [3.8, 4) is 0 Å². The van der Waals surface area contributed by atoms with E-state index < -0.39 is 11.6 Å². The lowest BCUT2D eigenvalue weighted by atomic mass is 10.0. The SMILES string of the molecule is O=C1C[C@@H](NCc2cccc(F)c2F)[C@H](c2cccnc2)N1C1CC1. The van der Waals surface area contributed by atoms with Gasteiger partial charge in [0, 0.05) is 43.0 Å². The highest BCUT2D eigenvalue weighted by Crippen LogP contribution is 2.41. The summed E-state index contributed by atoms with van der Waals surface area (Å²) in [4.78, 5) is 18.6. The van der Waals surface area contributed by atoms with Gasteiger partial charge >= 0.3 is 0 Å². The zero-order valence-electron chi connectivity index (χ0n) is 13.7. The maximum Gasteiger partial charge on any atom is 0.225 e. The van der Waals surface area contributed by atoms with Crippen LogP contribution in [0.1, 0.15) is 36.4 Å². The van der Waals surface area contributed by atoms with Crippen molar-refractivity contribution >= 4 is 5.91 Å². The van der Waals surface area contributed by atoms with E-state index in [2.05, 4.69) is 10.3 Å². The molecular weight excluding hydrogens is 324 g/mol. The number of benzene rings is 1. The van der Waals surface area contributed by atoms with E-state index in [0.717, 1.165) is 24.5 Å². The standard InChI is InChI=1S/C19H19F2N3O/c20-15-5-1-3-12(18(15)21)11-23-16-9-17(25)24(14-6-7-14)19(16)13-4-2-8-22-10-13/h1-5,8,10,14,16,19,23H,6-7,9,11H2/t16-,19+/m1/s1. The Morgan fingerprint density at radius 3 is 2.76 bits per heavy atom. The van der Waals surface area contributed by atoms with Gasteiger partial charge in [0.15, 0.2) is 11.6 Å². The van der Waals surface area contributed by atoms with E-state index in [4.69, 9.17) is 0 Å². The number of nitrogens with one attached hydrogen (secondary N) is 1. The number of carbonyl (C=O) groups is 1. The van der Waals surface area contributed by atoms with Crippen LogP contribution >= 0.6 is 0 Å². The van der Waals surface area contributed by atoms with Crippen LogP contribution < -0.4 is 5.32 Å². The number of aromatic nitrogens is 1. The summed E-state index contributed by atoms with van der Waals surface area (Å²) in [7, 11) is 0. The average Bonchev–Trinajstić information content (AvgIpc) is 3.40. The van der Waals surface area contributed by atoms with Crippen molar-refractivity contribution < 1.29 is 13.6 Å². The fourth-order valence-electron chi connectivity index (χ4n) is 3.59. The average molecular weight is 343 g/mol. The van der Waals surface area contributed by atoms with Crippen LogP contribution in [0.15, 0.2) is 42.7 Å². The summed E-state index contributed by atoms with van der Waals surface area (Å²) in [5.74, 6) is -1.59. The van der Waals surface area contributed by atoms with Crippen molar-refractivity contribution in [3.63, 3.8) is 0 Å². The Labute approximate surface area is 144 Å². The molecule has 1 N–H and O–H groups in total. The van der Waals surface area contributed by atoms with Gasteiger partial charge in [-0.15, -0.1) is 0 Å². The Hall–Kier alpha value is -2.34. The van der Waals surface area contributed by atoms with Crippen LogP contribution in [0.25, 0.3) is 0 Å². The summed E-state index contributed by atoms with van der Waals surface area (Å²) >= 11 is 0. The summed E-state index contributed by atoms with van der Waals surface area (Å²) in [6.07, 6.45) is 5.87. The lowest BCUT2D eigenvalue weighted by molar-refractivity contribution is -0.129. The molecule has 2 aliphatic rings. The molecule has 0 radical (unpaired) electrons. The van der Waals surface area contributed by atoms with Gasteiger partial charge in [0.1, 0.15) is 0 Å². The smallest absolute Gasteiger partial charge is 0.225 e. The largest absolute Gasteiger partial charge is 0.331 e. The number of rotatable bonds is 5. The topological polar surface area (TPSA) is 45.2 Å². The van der Waals surface area contributed by atoms with E-state index in [9.17, 15) is 13.6 Å². The molecule has 1 saturated carbocycles. The third kappa shape index (κ3) is 3.14. The maximum atomic E-state index is 13.9. The van der Waals surface area contributed by atoms with E-state index >= 15 is 0 Å². The predicted octanol–water partition coefficient (Wildman–Crippen LogP) is 2.95. The van der Waals surface area contributed by atoms with Gasteiger partial charge in [-0.25, -0.2) is 8.78 Å². The van der Waals surface area contributed by atoms with E-state index in [1.54, 1.807) is 18.5 Å². The van der Waals surface area contributed by atoms with Gasteiger partial charge in [0.05, 0.1) is 6.04 Å². The van der Waals surface area contributed by atoms with Gasteiger partial charge in [-0.3, -0.25) is 9.78 Å². The molecule has 2 fully saturated rings. The first-order chi connectivity index (χ1) is 12.1. The second-order valence-electron chi connectivity index (χ2n) is 6.67. The summed E-state index contributed by atoms with van der Waals surface area (Å²) in [6.45, 7) is 0.177. The summed E-state index contributed by atoms with van der Waals surface area (Å²) in [5, 5.41) is 3.26. The number of hydrogen-bond acceptors (Lipinski definition) is 3. The molecule has 1 aromatic heterocycles. The van der Waals surface area contributed by atoms with Crippen LogP contribution in [0.5, 0.6) is 0 Å². The molecule has 2 heterocycles. The fraction of sp³-hybridized carbons (Fsp3) is 0.368. The van der Waals surface area contributed by atoms with E-state index in [1.165, 1.54) is 6.07 Å². The highest BCUT2D eigenvalue weighted by molar-refractivity contribution is 5.81. The number of likely N-dealkylation sites (tertiary alicyclic amines) is 1. The Bertz CT molecular complexity index is 779. The van der Waals surface area contributed by atoms with Crippen molar-refractivity contribution in [1.82, 2.24) is 15.2 Å². The Kier molecular flexibility index (Phi) is 4.21. The number of hydrogen-bond donors (Lipinski definition) is 1. The van der Waals surface area contributed by atoms with Gasteiger partial charge < -0.3 is 10.2 Å². The molecule has 130 valence electrons. The van der Waals surface area contributed by atoms with E-state index in [-0.39, 0.29) is 36.1 Å². The molecule has 4 rings (SSSR count).